The number of carbonyl (C=O) groups is 4. The summed E-state index contributed by atoms with van der Waals surface area (Å²) in [5.74, 6) is -2.56. The number of ether oxygens (including phenoxy) is 1. The summed E-state index contributed by atoms with van der Waals surface area (Å²) in [7, 11) is 0. The first-order valence-corrected chi connectivity index (χ1v) is 9.34. The number of carbonyl (C=O) groups excluding carboxylic acids is 4. The lowest BCUT2D eigenvalue weighted by Crippen LogP contribution is -2.30. The van der Waals surface area contributed by atoms with Crippen LogP contribution in [0.3, 0.4) is 0 Å². The standard InChI is InChI=1S/C22H20FNO5/c1-3-4-11-24-20(26)17-10-7-15(12-18(17)21(24)27)22(28)29-13(2)19(25)14-5-8-16(23)9-6-14/h5-10,12-13H,3-4,11H2,1-2H3/t13-/m0/s1. The molecule has 150 valence electrons. The second-order valence-corrected chi connectivity index (χ2v) is 6.79. The predicted molar refractivity (Wildman–Crippen MR) is 102 cm³/mol. The van der Waals surface area contributed by atoms with Gasteiger partial charge in [-0.25, -0.2) is 9.18 Å². The molecule has 1 aliphatic heterocycles. The number of hydrogen-bond acceptors (Lipinski definition) is 5. The van der Waals surface area contributed by atoms with Crippen molar-refractivity contribution in [3.05, 3.63) is 70.5 Å². The van der Waals surface area contributed by atoms with Gasteiger partial charge in [0.1, 0.15) is 5.82 Å². The fourth-order valence-corrected chi connectivity index (χ4v) is 3.07. The molecule has 0 spiro atoms. The minimum absolute atomic E-state index is 0.0704. The molecular weight excluding hydrogens is 377 g/mol. The van der Waals surface area contributed by atoms with Crippen molar-refractivity contribution in [2.24, 2.45) is 0 Å². The molecule has 2 amide bonds. The molecule has 0 saturated heterocycles. The number of Topliss-reactive ketones (excluding diaryl/α,β-unsaturated/α-hetero) is 1. The highest BCUT2D eigenvalue weighted by molar-refractivity contribution is 6.22. The Morgan fingerprint density at radius 2 is 1.62 bits per heavy atom. The monoisotopic (exact) mass is 397 g/mol. The van der Waals surface area contributed by atoms with Crippen molar-refractivity contribution in [1.29, 1.82) is 0 Å². The molecule has 0 unspecified atom stereocenters. The van der Waals surface area contributed by atoms with Crippen molar-refractivity contribution < 1.29 is 28.3 Å². The average molecular weight is 397 g/mol. The summed E-state index contributed by atoms with van der Waals surface area (Å²) in [6.45, 7) is 3.70. The van der Waals surface area contributed by atoms with E-state index < -0.39 is 29.6 Å². The van der Waals surface area contributed by atoms with E-state index in [2.05, 4.69) is 0 Å². The molecule has 2 aromatic rings. The molecule has 6 nitrogen and oxygen atoms in total. The molecule has 7 heteroatoms. The maximum absolute atomic E-state index is 13.0. The summed E-state index contributed by atoms with van der Waals surface area (Å²) >= 11 is 0. The first kappa shape index (κ1) is 20.4. The van der Waals surface area contributed by atoms with Crippen LogP contribution in [0, 0.1) is 5.82 Å². The summed E-state index contributed by atoms with van der Waals surface area (Å²) in [6, 6.07) is 9.05. The number of unbranched alkanes of at least 4 members (excludes halogenated alkanes) is 1. The lowest BCUT2D eigenvalue weighted by molar-refractivity contribution is 0.0318. The zero-order chi connectivity index (χ0) is 21.1. The van der Waals surface area contributed by atoms with E-state index in [1.54, 1.807) is 0 Å². The van der Waals surface area contributed by atoms with Gasteiger partial charge in [0.15, 0.2) is 6.10 Å². The molecule has 1 atom stereocenters. The van der Waals surface area contributed by atoms with E-state index in [-0.39, 0.29) is 28.2 Å². The van der Waals surface area contributed by atoms with Crippen LogP contribution in [0.25, 0.3) is 0 Å². The molecular formula is C22H20FNO5. The maximum atomic E-state index is 13.0. The van der Waals surface area contributed by atoms with Gasteiger partial charge in [-0.15, -0.1) is 0 Å². The fraction of sp³-hybridized carbons (Fsp3) is 0.273. The summed E-state index contributed by atoms with van der Waals surface area (Å²) in [5, 5.41) is 0. The highest BCUT2D eigenvalue weighted by atomic mass is 19.1. The lowest BCUT2D eigenvalue weighted by Gasteiger charge is -2.13. The van der Waals surface area contributed by atoms with Gasteiger partial charge in [0, 0.05) is 12.1 Å². The summed E-state index contributed by atoms with van der Waals surface area (Å²) in [6.07, 6.45) is 0.438. The van der Waals surface area contributed by atoms with Crippen LogP contribution in [0.4, 0.5) is 4.39 Å². The molecule has 0 aromatic heterocycles. The van der Waals surface area contributed by atoms with Crippen LogP contribution in [-0.4, -0.2) is 41.1 Å². The molecule has 1 heterocycles. The average Bonchev–Trinajstić information content (AvgIpc) is 2.96. The normalized spacial score (nSPS) is 14.0. The Labute approximate surface area is 167 Å². The summed E-state index contributed by atoms with van der Waals surface area (Å²) in [5.41, 5.74) is 0.685. The quantitative estimate of drug-likeness (QED) is 0.405. The van der Waals surface area contributed by atoms with E-state index >= 15 is 0 Å². The number of fused-ring (bicyclic) bond motifs is 1. The minimum Gasteiger partial charge on any atom is -0.451 e. The van der Waals surface area contributed by atoms with Crippen molar-refractivity contribution in [2.45, 2.75) is 32.8 Å². The Hall–Kier alpha value is -3.35. The topological polar surface area (TPSA) is 80.8 Å². The molecule has 0 radical (unpaired) electrons. The molecule has 1 aliphatic rings. The zero-order valence-electron chi connectivity index (χ0n) is 16.1. The third kappa shape index (κ3) is 4.08. The number of halogens is 1. The van der Waals surface area contributed by atoms with Crippen molar-refractivity contribution in [2.75, 3.05) is 6.54 Å². The molecule has 0 N–H and O–H groups in total. The van der Waals surface area contributed by atoms with E-state index in [0.29, 0.717) is 13.0 Å². The second-order valence-electron chi connectivity index (χ2n) is 6.79. The highest BCUT2D eigenvalue weighted by Crippen LogP contribution is 2.25. The molecule has 3 rings (SSSR count). The highest BCUT2D eigenvalue weighted by Gasteiger charge is 2.35. The Morgan fingerprint density at radius 3 is 2.28 bits per heavy atom. The third-order valence-electron chi connectivity index (χ3n) is 4.72. The van der Waals surface area contributed by atoms with E-state index in [0.717, 1.165) is 18.6 Å². The number of hydrogen-bond donors (Lipinski definition) is 0. The first-order chi connectivity index (χ1) is 13.8. The fourth-order valence-electron chi connectivity index (χ4n) is 3.07. The smallest absolute Gasteiger partial charge is 0.338 e. The first-order valence-electron chi connectivity index (χ1n) is 9.34. The number of ketones is 1. The number of amides is 2. The molecule has 0 fully saturated rings. The van der Waals surface area contributed by atoms with Gasteiger partial charge in [-0.2, -0.15) is 0 Å². The number of rotatable bonds is 7. The van der Waals surface area contributed by atoms with Crippen LogP contribution in [0.2, 0.25) is 0 Å². The number of esters is 1. The van der Waals surface area contributed by atoms with Gasteiger partial charge in [-0.1, -0.05) is 13.3 Å². The van der Waals surface area contributed by atoms with Crippen LogP contribution < -0.4 is 0 Å². The van der Waals surface area contributed by atoms with Crippen LogP contribution in [-0.2, 0) is 4.74 Å². The van der Waals surface area contributed by atoms with Crippen LogP contribution in [0.1, 0.15) is 68.1 Å². The van der Waals surface area contributed by atoms with Crippen molar-refractivity contribution in [1.82, 2.24) is 4.90 Å². The van der Waals surface area contributed by atoms with Gasteiger partial charge in [-0.3, -0.25) is 19.3 Å². The summed E-state index contributed by atoms with van der Waals surface area (Å²) < 4.78 is 18.2. The molecule has 2 aromatic carbocycles. The van der Waals surface area contributed by atoms with Crippen molar-refractivity contribution in [3.63, 3.8) is 0 Å². The second kappa shape index (κ2) is 8.34. The Bertz CT molecular complexity index is 983. The maximum Gasteiger partial charge on any atom is 0.338 e. The van der Waals surface area contributed by atoms with Crippen molar-refractivity contribution >= 4 is 23.6 Å². The van der Waals surface area contributed by atoms with Gasteiger partial charge in [0.2, 0.25) is 5.78 Å². The lowest BCUT2D eigenvalue weighted by atomic mass is 10.1. The van der Waals surface area contributed by atoms with Gasteiger partial charge in [-0.05, 0) is 55.8 Å². The SMILES string of the molecule is CCCCN1C(=O)c2ccc(C(=O)O[C@@H](C)C(=O)c3ccc(F)cc3)cc2C1=O. The number of imide groups is 1. The summed E-state index contributed by atoms with van der Waals surface area (Å²) in [4.78, 5) is 50.8. The van der Waals surface area contributed by atoms with Crippen LogP contribution in [0.5, 0.6) is 0 Å². The van der Waals surface area contributed by atoms with Gasteiger partial charge in [0.25, 0.3) is 11.8 Å². The molecule has 0 saturated carbocycles. The molecule has 29 heavy (non-hydrogen) atoms. The van der Waals surface area contributed by atoms with E-state index in [1.165, 1.54) is 42.2 Å². The number of benzene rings is 2. The van der Waals surface area contributed by atoms with Gasteiger partial charge in [0.05, 0.1) is 16.7 Å². The van der Waals surface area contributed by atoms with Gasteiger partial charge < -0.3 is 4.74 Å². The Balaban J connectivity index is 1.74. The molecule has 0 aliphatic carbocycles. The molecule has 0 bridgehead atoms. The Kier molecular flexibility index (Phi) is 5.87. The van der Waals surface area contributed by atoms with Gasteiger partial charge >= 0.3 is 5.97 Å². The van der Waals surface area contributed by atoms with Crippen LogP contribution in [0.15, 0.2) is 42.5 Å². The minimum atomic E-state index is -1.10. The predicted octanol–water partition coefficient (Wildman–Crippen LogP) is 3.65. The van der Waals surface area contributed by atoms with E-state index in [9.17, 15) is 23.6 Å². The largest absolute Gasteiger partial charge is 0.451 e. The van der Waals surface area contributed by atoms with Crippen LogP contribution >= 0.6 is 0 Å². The van der Waals surface area contributed by atoms with E-state index in [1.807, 2.05) is 6.92 Å². The number of nitrogens with zero attached hydrogens (tertiary/aromatic N) is 1. The third-order valence-corrected chi connectivity index (χ3v) is 4.72. The zero-order valence-corrected chi connectivity index (χ0v) is 16.1. The van der Waals surface area contributed by atoms with Crippen molar-refractivity contribution in [3.8, 4) is 0 Å². The van der Waals surface area contributed by atoms with E-state index in [4.69, 9.17) is 4.74 Å². The Morgan fingerprint density at radius 1 is 1.00 bits per heavy atom.